The van der Waals surface area contributed by atoms with Crippen molar-refractivity contribution in [2.45, 2.75) is 26.0 Å². The van der Waals surface area contributed by atoms with E-state index in [0.717, 1.165) is 31.9 Å². The van der Waals surface area contributed by atoms with Crippen molar-refractivity contribution in [3.63, 3.8) is 0 Å². The summed E-state index contributed by atoms with van der Waals surface area (Å²) in [4.78, 5) is 6.66. The van der Waals surface area contributed by atoms with Gasteiger partial charge in [0.15, 0.2) is 0 Å². The van der Waals surface area contributed by atoms with Crippen LogP contribution in [0, 0.1) is 0 Å². The summed E-state index contributed by atoms with van der Waals surface area (Å²) in [6.45, 7) is 7.76. The van der Waals surface area contributed by atoms with Crippen molar-refractivity contribution in [1.82, 2.24) is 9.88 Å². The van der Waals surface area contributed by atoms with Gasteiger partial charge in [-0.1, -0.05) is 6.07 Å². The summed E-state index contributed by atoms with van der Waals surface area (Å²) >= 11 is 0. The molecule has 2 rings (SSSR count). The standard InChI is InChI=1S/C12H19N3O/c1-12(2)9-15(6-7-16-12)8-10-4-3-5-11(13)14-10/h3-5H,6-9H2,1-2H3,(H2,13,14). The molecule has 0 bridgehead atoms. The second-order valence-corrected chi connectivity index (χ2v) is 4.87. The van der Waals surface area contributed by atoms with E-state index in [1.165, 1.54) is 0 Å². The molecule has 4 heteroatoms. The lowest BCUT2D eigenvalue weighted by molar-refractivity contribution is -0.0885. The van der Waals surface area contributed by atoms with Crippen LogP contribution >= 0.6 is 0 Å². The molecule has 0 radical (unpaired) electrons. The van der Waals surface area contributed by atoms with Crippen molar-refractivity contribution in [2.24, 2.45) is 0 Å². The van der Waals surface area contributed by atoms with Crippen LogP contribution in [0.4, 0.5) is 5.82 Å². The average molecular weight is 221 g/mol. The number of nitrogens with zero attached hydrogens (tertiary/aromatic N) is 2. The van der Waals surface area contributed by atoms with E-state index in [2.05, 4.69) is 23.7 Å². The topological polar surface area (TPSA) is 51.4 Å². The number of nitrogen functional groups attached to an aromatic ring is 1. The highest BCUT2D eigenvalue weighted by molar-refractivity contribution is 5.28. The number of pyridine rings is 1. The van der Waals surface area contributed by atoms with Crippen LogP contribution in [-0.4, -0.2) is 35.2 Å². The third-order valence-electron chi connectivity index (χ3n) is 2.72. The average Bonchev–Trinajstić information content (AvgIpc) is 2.15. The molecule has 0 aliphatic carbocycles. The fraction of sp³-hybridized carbons (Fsp3) is 0.583. The van der Waals surface area contributed by atoms with Gasteiger partial charge in [-0.25, -0.2) is 4.98 Å². The Morgan fingerprint density at radius 2 is 2.31 bits per heavy atom. The van der Waals surface area contributed by atoms with E-state index in [4.69, 9.17) is 10.5 Å². The summed E-state index contributed by atoms with van der Waals surface area (Å²) in [6, 6.07) is 5.77. The Bertz CT molecular complexity index is 365. The second kappa shape index (κ2) is 4.39. The molecule has 2 heterocycles. The predicted octanol–water partition coefficient (Wildman–Crippen LogP) is 1.27. The highest BCUT2D eigenvalue weighted by Gasteiger charge is 2.27. The Balaban J connectivity index is 1.99. The van der Waals surface area contributed by atoms with Gasteiger partial charge in [0, 0.05) is 19.6 Å². The zero-order valence-electron chi connectivity index (χ0n) is 9.94. The van der Waals surface area contributed by atoms with E-state index >= 15 is 0 Å². The summed E-state index contributed by atoms with van der Waals surface area (Å²) in [6.07, 6.45) is 0. The zero-order valence-corrected chi connectivity index (χ0v) is 9.94. The molecule has 2 N–H and O–H groups in total. The fourth-order valence-corrected chi connectivity index (χ4v) is 2.06. The van der Waals surface area contributed by atoms with Gasteiger partial charge in [0.25, 0.3) is 0 Å². The summed E-state index contributed by atoms with van der Waals surface area (Å²) in [5.41, 5.74) is 6.63. The van der Waals surface area contributed by atoms with Crippen molar-refractivity contribution in [3.05, 3.63) is 23.9 Å². The number of aromatic nitrogens is 1. The Kier molecular flexibility index (Phi) is 3.12. The number of hydrogen-bond acceptors (Lipinski definition) is 4. The summed E-state index contributed by atoms with van der Waals surface area (Å²) in [5.74, 6) is 0.588. The normalized spacial score (nSPS) is 20.9. The summed E-state index contributed by atoms with van der Waals surface area (Å²) in [5, 5.41) is 0. The molecule has 88 valence electrons. The van der Waals surface area contributed by atoms with Gasteiger partial charge < -0.3 is 10.5 Å². The largest absolute Gasteiger partial charge is 0.384 e. The van der Waals surface area contributed by atoms with Crippen LogP contribution in [0.3, 0.4) is 0 Å². The van der Waals surface area contributed by atoms with E-state index in [-0.39, 0.29) is 5.60 Å². The molecule has 1 fully saturated rings. The Hall–Kier alpha value is -1.13. The monoisotopic (exact) mass is 221 g/mol. The highest BCUT2D eigenvalue weighted by Crippen LogP contribution is 2.18. The maximum Gasteiger partial charge on any atom is 0.123 e. The molecule has 1 aliphatic rings. The first kappa shape index (κ1) is 11.4. The molecule has 0 amide bonds. The van der Waals surface area contributed by atoms with Crippen molar-refractivity contribution < 1.29 is 4.74 Å². The molecule has 0 saturated carbocycles. The number of morpholine rings is 1. The van der Waals surface area contributed by atoms with Crippen LogP contribution in [0.25, 0.3) is 0 Å². The minimum absolute atomic E-state index is 0.0570. The fourth-order valence-electron chi connectivity index (χ4n) is 2.06. The van der Waals surface area contributed by atoms with Crippen LogP contribution in [0.5, 0.6) is 0 Å². The Morgan fingerprint density at radius 3 is 3.00 bits per heavy atom. The molecular weight excluding hydrogens is 202 g/mol. The third kappa shape index (κ3) is 2.93. The predicted molar refractivity (Wildman–Crippen MR) is 64.0 cm³/mol. The second-order valence-electron chi connectivity index (χ2n) is 4.87. The van der Waals surface area contributed by atoms with Gasteiger partial charge in [-0.3, -0.25) is 4.90 Å². The van der Waals surface area contributed by atoms with Crippen LogP contribution in [-0.2, 0) is 11.3 Å². The first-order valence-corrected chi connectivity index (χ1v) is 5.63. The summed E-state index contributed by atoms with van der Waals surface area (Å²) < 4.78 is 5.67. The molecule has 1 aromatic heterocycles. The van der Waals surface area contributed by atoms with Gasteiger partial charge in [0.1, 0.15) is 5.82 Å². The molecule has 0 spiro atoms. The number of rotatable bonds is 2. The van der Waals surface area contributed by atoms with E-state index in [1.807, 2.05) is 18.2 Å². The molecule has 0 unspecified atom stereocenters. The molecule has 4 nitrogen and oxygen atoms in total. The Labute approximate surface area is 96.4 Å². The van der Waals surface area contributed by atoms with Crippen molar-refractivity contribution >= 4 is 5.82 Å². The third-order valence-corrected chi connectivity index (χ3v) is 2.72. The lowest BCUT2D eigenvalue weighted by Crippen LogP contribution is -2.47. The SMILES string of the molecule is CC1(C)CN(Cc2cccc(N)n2)CCO1. The van der Waals surface area contributed by atoms with Crippen molar-refractivity contribution in [3.8, 4) is 0 Å². The number of hydrogen-bond donors (Lipinski definition) is 1. The molecular formula is C12H19N3O. The van der Waals surface area contributed by atoms with E-state index in [9.17, 15) is 0 Å². The van der Waals surface area contributed by atoms with Gasteiger partial charge in [-0.2, -0.15) is 0 Å². The lowest BCUT2D eigenvalue weighted by atomic mass is 10.1. The van der Waals surface area contributed by atoms with Crippen LogP contribution in [0.2, 0.25) is 0 Å². The van der Waals surface area contributed by atoms with Gasteiger partial charge in [-0.15, -0.1) is 0 Å². The minimum atomic E-state index is -0.0570. The molecule has 1 saturated heterocycles. The highest BCUT2D eigenvalue weighted by atomic mass is 16.5. The van der Waals surface area contributed by atoms with Gasteiger partial charge in [0.05, 0.1) is 17.9 Å². The maximum absolute atomic E-state index is 5.67. The smallest absolute Gasteiger partial charge is 0.123 e. The lowest BCUT2D eigenvalue weighted by Gasteiger charge is -2.37. The Morgan fingerprint density at radius 1 is 1.50 bits per heavy atom. The van der Waals surface area contributed by atoms with Crippen molar-refractivity contribution in [2.75, 3.05) is 25.4 Å². The molecule has 0 atom stereocenters. The van der Waals surface area contributed by atoms with Crippen LogP contribution < -0.4 is 5.73 Å². The minimum Gasteiger partial charge on any atom is -0.384 e. The van der Waals surface area contributed by atoms with E-state index < -0.39 is 0 Å². The molecule has 0 aromatic carbocycles. The van der Waals surface area contributed by atoms with Gasteiger partial charge >= 0.3 is 0 Å². The molecule has 16 heavy (non-hydrogen) atoms. The molecule has 1 aromatic rings. The summed E-state index contributed by atoms with van der Waals surface area (Å²) in [7, 11) is 0. The quantitative estimate of drug-likeness (QED) is 0.817. The first-order chi connectivity index (χ1) is 7.55. The number of ether oxygens (including phenoxy) is 1. The van der Waals surface area contributed by atoms with Crippen LogP contribution in [0.1, 0.15) is 19.5 Å². The van der Waals surface area contributed by atoms with E-state index in [0.29, 0.717) is 5.82 Å². The molecule has 1 aliphatic heterocycles. The van der Waals surface area contributed by atoms with Gasteiger partial charge in [0.2, 0.25) is 0 Å². The first-order valence-electron chi connectivity index (χ1n) is 5.63. The number of anilines is 1. The van der Waals surface area contributed by atoms with Gasteiger partial charge in [-0.05, 0) is 26.0 Å². The zero-order chi connectivity index (χ0) is 11.6. The van der Waals surface area contributed by atoms with E-state index in [1.54, 1.807) is 0 Å². The number of nitrogens with two attached hydrogens (primary N) is 1. The van der Waals surface area contributed by atoms with Crippen LogP contribution in [0.15, 0.2) is 18.2 Å². The van der Waals surface area contributed by atoms with Crippen molar-refractivity contribution in [1.29, 1.82) is 0 Å². The maximum atomic E-state index is 5.67.